The molecular weight excluding hydrogens is 416 g/mol. The third-order valence-electron chi connectivity index (χ3n) is 5.19. The molecule has 5 rings (SSSR count). The molecule has 0 spiro atoms. The molecule has 6 heteroatoms. The van der Waals surface area contributed by atoms with Crippen LogP contribution in [-0.4, -0.2) is 21.0 Å². The van der Waals surface area contributed by atoms with Gasteiger partial charge in [0.05, 0.1) is 5.39 Å². The van der Waals surface area contributed by atoms with E-state index >= 15 is 0 Å². The summed E-state index contributed by atoms with van der Waals surface area (Å²) in [6.45, 7) is 2.13. The van der Waals surface area contributed by atoms with Crippen LogP contribution in [0, 0.1) is 0 Å². The van der Waals surface area contributed by atoms with Gasteiger partial charge in [-0.1, -0.05) is 46.3 Å². The van der Waals surface area contributed by atoms with Crippen LogP contribution in [0.15, 0.2) is 70.1 Å². The number of aromatic amines is 1. The average Bonchev–Trinajstić information content (AvgIpc) is 3.03. The number of anilines is 2. The number of nitrogens with one attached hydrogen (secondary N) is 1. The van der Waals surface area contributed by atoms with E-state index < -0.39 is 0 Å². The largest absolute Gasteiger partial charge is 0.309 e. The number of hydrogen-bond donors (Lipinski definition) is 1. The van der Waals surface area contributed by atoms with Gasteiger partial charge in [-0.15, -0.1) is 0 Å². The summed E-state index contributed by atoms with van der Waals surface area (Å²) in [4.78, 5) is 27.3. The van der Waals surface area contributed by atoms with Gasteiger partial charge in [0.25, 0.3) is 5.56 Å². The highest BCUT2D eigenvalue weighted by Gasteiger charge is 2.29. The molecule has 28 heavy (non-hydrogen) atoms. The van der Waals surface area contributed by atoms with Crippen LogP contribution in [-0.2, 0) is 6.42 Å². The fraction of sp³-hybridized carbons (Fsp3) is 0.136. The second kappa shape index (κ2) is 6.56. The van der Waals surface area contributed by atoms with Crippen molar-refractivity contribution in [3.05, 3.63) is 81.2 Å². The van der Waals surface area contributed by atoms with E-state index in [-0.39, 0.29) is 11.6 Å². The highest BCUT2D eigenvalue weighted by Crippen LogP contribution is 2.36. The molecule has 5 nitrogen and oxygen atoms in total. The summed E-state index contributed by atoms with van der Waals surface area (Å²) >= 11 is 3.45. The first kappa shape index (κ1) is 17.1. The van der Waals surface area contributed by atoms with Gasteiger partial charge in [0.2, 0.25) is 5.95 Å². The second-order valence-corrected chi connectivity index (χ2v) is 7.92. The second-order valence-electron chi connectivity index (χ2n) is 7.01. The van der Waals surface area contributed by atoms with Gasteiger partial charge < -0.3 is 4.90 Å². The maximum Gasteiger partial charge on any atom is 0.262 e. The number of pyridine rings is 1. The molecule has 1 aliphatic rings. The van der Waals surface area contributed by atoms with Crippen molar-refractivity contribution >= 4 is 38.6 Å². The molecular formula is C22H17BrN4O. The average molecular weight is 433 g/mol. The Hall–Kier alpha value is -2.99. The fourth-order valence-electron chi connectivity index (χ4n) is 3.92. The molecule has 0 radical (unpaired) electrons. The molecule has 2 aromatic carbocycles. The van der Waals surface area contributed by atoms with Gasteiger partial charge in [-0.3, -0.25) is 9.78 Å². The first-order valence-corrected chi connectivity index (χ1v) is 9.93. The molecule has 1 atom stereocenters. The highest BCUT2D eigenvalue weighted by molar-refractivity contribution is 9.10. The zero-order chi connectivity index (χ0) is 19.3. The number of aromatic nitrogens is 3. The molecule has 0 saturated carbocycles. The Morgan fingerprint density at radius 3 is 2.71 bits per heavy atom. The van der Waals surface area contributed by atoms with Gasteiger partial charge in [-0.2, -0.15) is 4.98 Å². The van der Waals surface area contributed by atoms with Crippen molar-refractivity contribution in [3.8, 4) is 11.1 Å². The molecule has 1 N–H and O–H groups in total. The molecule has 3 heterocycles. The number of fused-ring (bicyclic) bond motifs is 2. The van der Waals surface area contributed by atoms with Crippen molar-refractivity contribution in [2.45, 2.75) is 19.4 Å². The molecule has 0 aliphatic carbocycles. The van der Waals surface area contributed by atoms with E-state index in [0.29, 0.717) is 17.0 Å². The Labute approximate surface area is 170 Å². The Morgan fingerprint density at radius 2 is 1.89 bits per heavy atom. The molecule has 0 fully saturated rings. The third kappa shape index (κ3) is 2.72. The van der Waals surface area contributed by atoms with Crippen molar-refractivity contribution in [1.29, 1.82) is 0 Å². The van der Waals surface area contributed by atoms with Crippen LogP contribution >= 0.6 is 15.9 Å². The predicted molar refractivity (Wildman–Crippen MR) is 115 cm³/mol. The number of nitrogens with zero attached hydrogens (tertiary/aromatic N) is 3. The lowest BCUT2D eigenvalue weighted by Gasteiger charge is -2.23. The molecule has 1 unspecified atom stereocenters. The summed E-state index contributed by atoms with van der Waals surface area (Å²) in [5, 5.41) is 0.508. The summed E-state index contributed by atoms with van der Waals surface area (Å²) < 4.78 is 0.991. The van der Waals surface area contributed by atoms with E-state index in [9.17, 15) is 4.79 Å². The first-order chi connectivity index (χ1) is 13.6. The summed E-state index contributed by atoms with van der Waals surface area (Å²) in [5.74, 6) is 0.537. The van der Waals surface area contributed by atoms with Crippen molar-refractivity contribution in [2.75, 3.05) is 4.90 Å². The van der Waals surface area contributed by atoms with E-state index in [1.165, 1.54) is 5.56 Å². The third-order valence-corrected chi connectivity index (χ3v) is 5.71. The van der Waals surface area contributed by atoms with E-state index in [4.69, 9.17) is 4.98 Å². The van der Waals surface area contributed by atoms with E-state index in [2.05, 4.69) is 49.9 Å². The number of hydrogen-bond acceptors (Lipinski definition) is 4. The molecule has 4 aromatic rings. The lowest BCUT2D eigenvalue weighted by molar-refractivity contribution is 0.740. The Balaban J connectivity index is 1.69. The van der Waals surface area contributed by atoms with E-state index in [0.717, 1.165) is 27.7 Å². The Morgan fingerprint density at radius 1 is 1.11 bits per heavy atom. The van der Waals surface area contributed by atoms with Gasteiger partial charge in [-0.05, 0) is 54.3 Å². The van der Waals surface area contributed by atoms with Gasteiger partial charge in [0.1, 0.15) is 0 Å². The van der Waals surface area contributed by atoms with Gasteiger partial charge in [0.15, 0.2) is 5.65 Å². The summed E-state index contributed by atoms with van der Waals surface area (Å²) in [6, 6.07) is 18.2. The zero-order valence-electron chi connectivity index (χ0n) is 15.2. The minimum atomic E-state index is -0.178. The van der Waals surface area contributed by atoms with Crippen LogP contribution in [0.4, 0.5) is 11.6 Å². The lowest BCUT2D eigenvalue weighted by atomic mass is 10.0. The van der Waals surface area contributed by atoms with Crippen LogP contribution in [0.25, 0.3) is 22.2 Å². The molecule has 2 aromatic heterocycles. The van der Waals surface area contributed by atoms with Crippen molar-refractivity contribution in [1.82, 2.24) is 15.0 Å². The van der Waals surface area contributed by atoms with Crippen molar-refractivity contribution in [2.24, 2.45) is 0 Å². The maximum atomic E-state index is 13.1. The normalized spacial score (nSPS) is 15.8. The van der Waals surface area contributed by atoms with Crippen LogP contribution in [0.5, 0.6) is 0 Å². The van der Waals surface area contributed by atoms with Gasteiger partial charge in [-0.25, -0.2) is 4.98 Å². The molecule has 0 bridgehead atoms. The van der Waals surface area contributed by atoms with Crippen molar-refractivity contribution in [3.63, 3.8) is 0 Å². The number of para-hydroxylation sites is 1. The summed E-state index contributed by atoms with van der Waals surface area (Å²) in [6.07, 6.45) is 2.63. The quantitative estimate of drug-likeness (QED) is 0.492. The standard InChI is InChI=1S/C22H17BrN4O/c1-13-12-15-4-2-3-5-18(15)27(13)22-25-20-19(21(28)26-22)17(10-11-24-20)14-6-8-16(23)9-7-14/h2-11,13H,12H2,1H3,(H,24,25,26,28). The molecule has 0 amide bonds. The summed E-state index contributed by atoms with van der Waals surface area (Å²) in [7, 11) is 0. The minimum Gasteiger partial charge on any atom is -0.309 e. The predicted octanol–water partition coefficient (Wildman–Crippen LogP) is 4.83. The molecule has 0 saturated heterocycles. The minimum absolute atomic E-state index is 0.178. The fourth-order valence-corrected chi connectivity index (χ4v) is 4.19. The lowest BCUT2D eigenvalue weighted by Crippen LogP contribution is -2.28. The van der Waals surface area contributed by atoms with Crippen LogP contribution < -0.4 is 10.5 Å². The smallest absolute Gasteiger partial charge is 0.262 e. The van der Waals surface area contributed by atoms with Crippen LogP contribution in [0.3, 0.4) is 0 Å². The maximum absolute atomic E-state index is 13.1. The van der Waals surface area contributed by atoms with E-state index in [1.807, 2.05) is 42.5 Å². The van der Waals surface area contributed by atoms with Crippen molar-refractivity contribution < 1.29 is 0 Å². The first-order valence-electron chi connectivity index (χ1n) is 9.14. The monoisotopic (exact) mass is 432 g/mol. The number of benzene rings is 2. The number of halogens is 1. The Bertz CT molecular complexity index is 1250. The number of rotatable bonds is 2. The van der Waals surface area contributed by atoms with Crippen LogP contribution in [0.2, 0.25) is 0 Å². The van der Waals surface area contributed by atoms with E-state index in [1.54, 1.807) is 6.20 Å². The Kier molecular flexibility index (Phi) is 4.02. The van der Waals surface area contributed by atoms with Crippen LogP contribution in [0.1, 0.15) is 12.5 Å². The number of H-pyrrole nitrogens is 1. The van der Waals surface area contributed by atoms with Gasteiger partial charge in [0, 0.05) is 22.4 Å². The van der Waals surface area contributed by atoms with Gasteiger partial charge >= 0.3 is 0 Å². The SMILES string of the molecule is CC1Cc2ccccc2N1c1nc2nccc(-c3ccc(Br)cc3)c2c(=O)[nH]1. The highest BCUT2D eigenvalue weighted by atomic mass is 79.9. The zero-order valence-corrected chi connectivity index (χ0v) is 16.8. The molecule has 138 valence electrons. The topological polar surface area (TPSA) is 61.9 Å². The molecule has 1 aliphatic heterocycles. The summed E-state index contributed by atoms with van der Waals surface area (Å²) in [5.41, 5.74) is 4.40.